The van der Waals surface area contributed by atoms with Gasteiger partial charge in [-0.05, 0) is 43.0 Å². The van der Waals surface area contributed by atoms with Crippen LogP contribution >= 0.6 is 0 Å². The molecule has 2 aromatic rings. The predicted octanol–water partition coefficient (Wildman–Crippen LogP) is 3.25. The average Bonchev–Trinajstić information content (AvgIpc) is 2.59. The number of aryl methyl sites for hydroxylation is 1. The van der Waals surface area contributed by atoms with Crippen LogP contribution in [0.2, 0.25) is 0 Å². The lowest BCUT2D eigenvalue weighted by Crippen LogP contribution is -2.27. The Bertz CT molecular complexity index is 861. The van der Waals surface area contributed by atoms with Crippen molar-refractivity contribution in [3.63, 3.8) is 0 Å². The third-order valence-corrected chi connectivity index (χ3v) is 5.41. The SMILES string of the molecule is Cc1cccc(CNC(=O)c2cccc(S(=O)(=O)NCCC(C)C)c2)c1. The van der Waals surface area contributed by atoms with Crippen molar-refractivity contribution < 1.29 is 13.2 Å². The Balaban J connectivity index is 2.04. The van der Waals surface area contributed by atoms with E-state index >= 15 is 0 Å². The number of carbonyl (C=O) groups is 1. The number of benzene rings is 2. The monoisotopic (exact) mass is 374 g/mol. The van der Waals surface area contributed by atoms with Crippen molar-refractivity contribution in [2.24, 2.45) is 5.92 Å². The molecule has 26 heavy (non-hydrogen) atoms. The van der Waals surface area contributed by atoms with E-state index in [9.17, 15) is 13.2 Å². The fraction of sp³-hybridized carbons (Fsp3) is 0.350. The Morgan fingerprint density at radius 1 is 1.08 bits per heavy atom. The maximum absolute atomic E-state index is 12.4. The lowest BCUT2D eigenvalue weighted by Gasteiger charge is -2.10. The molecule has 0 aliphatic heterocycles. The van der Waals surface area contributed by atoms with E-state index < -0.39 is 10.0 Å². The number of hydrogen-bond acceptors (Lipinski definition) is 3. The van der Waals surface area contributed by atoms with E-state index in [1.165, 1.54) is 12.1 Å². The van der Waals surface area contributed by atoms with Crippen LogP contribution in [0.3, 0.4) is 0 Å². The van der Waals surface area contributed by atoms with E-state index in [1.54, 1.807) is 12.1 Å². The van der Waals surface area contributed by atoms with Crippen LogP contribution < -0.4 is 10.0 Å². The van der Waals surface area contributed by atoms with E-state index in [2.05, 4.69) is 10.0 Å². The number of hydrogen-bond donors (Lipinski definition) is 2. The van der Waals surface area contributed by atoms with E-state index in [0.717, 1.165) is 17.5 Å². The fourth-order valence-corrected chi connectivity index (χ4v) is 3.57. The number of carbonyl (C=O) groups excluding carboxylic acids is 1. The molecular formula is C20H26N2O3S. The van der Waals surface area contributed by atoms with E-state index in [0.29, 0.717) is 24.6 Å². The molecule has 2 rings (SSSR count). The highest BCUT2D eigenvalue weighted by Crippen LogP contribution is 2.12. The van der Waals surface area contributed by atoms with Gasteiger partial charge in [-0.2, -0.15) is 0 Å². The van der Waals surface area contributed by atoms with Crippen LogP contribution in [0.25, 0.3) is 0 Å². The minimum atomic E-state index is -3.61. The van der Waals surface area contributed by atoms with E-state index in [-0.39, 0.29) is 10.8 Å². The van der Waals surface area contributed by atoms with E-state index in [4.69, 9.17) is 0 Å². The lowest BCUT2D eigenvalue weighted by molar-refractivity contribution is 0.0950. The number of sulfonamides is 1. The summed E-state index contributed by atoms with van der Waals surface area (Å²) < 4.78 is 27.3. The van der Waals surface area contributed by atoms with Crippen LogP contribution in [0.15, 0.2) is 53.4 Å². The first kappa shape index (κ1) is 20.1. The van der Waals surface area contributed by atoms with Gasteiger partial charge in [-0.1, -0.05) is 49.7 Å². The molecule has 0 spiro atoms. The van der Waals surface area contributed by atoms with Gasteiger partial charge in [-0.15, -0.1) is 0 Å². The molecule has 0 fully saturated rings. The first-order valence-corrected chi connectivity index (χ1v) is 10.2. The summed E-state index contributed by atoms with van der Waals surface area (Å²) in [5.41, 5.74) is 2.44. The van der Waals surface area contributed by atoms with Gasteiger partial charge in [0.2, 0.25) is 10.0 Å². The Labute approximate surface area is 155 Å². The van der Waals surface area contributed by atoms with Crippen LogP contribution in [0.5, 0.6) is 0 Å². The Kier molecular flexibility index (Phi) is 6.94. The molecule has 5 nitrogen and oxygen atoms in total. The normalized spacial score (nSPS) is 11.5. The number of nitrogens with one attached hydrogen (secondary N) is 2. The van der Waals surface area contributed by atoms with Crippen LogP contribution in [-0.2, 0) is 16.6 Å². The summed E-state index contributed by atoms with van der Waals surface area (Å²) >= 11 is 0. The second kappa shape index (κ2) is 8.96. The van der Waals surface area contributed by atoms with Gasteiger partial charge >= 0.3 is 0 Å². The smallest absolute Gasteiger partial charge is 0.251 e. The molecule has 0 aliphatic rings. The Morgan fingerprint density at radius 2 is 1.81 bits per heavy atom. The summed E-state index contributed by atoms with van der Waals surface area (Å²) in [4.78, 5) is 12.5. The summed E-state index contributed by atoms with van der Waals surface area (Å²) in [5.74, 6) is 0.113. The van der Waals surface area contributed by atoms with Gasteiger partial charge in [0.1, 0.15) is 0 Å². The van der Waals surface area contributed by atoms with Gasteiger partial charge in [0.05, 0.1) is 4.90 Å². The summed E-state index contributed by atoms with van der Waals surface area (Å²) in [5, 5.41) is 2.83. The highest BCUT2D eigenvalue weighted by Gasteiger charge is 2.16. The minimum Gasteiger partial charge on any atom is -0.348 e. The van der Waals surface area contributed by atoms with Gasteiger partial charge in [-0.3, -0.25) is 4.79 Å². The van der Waals surface area contributed by atoms with Gasteiger partial charge < -0.3 is 5.32 Å². The molecule has 2 aromatic carbocycles. The standard InChI is InChI=1S/C20H26N2O3S/c1-15(2)10-11-22-26(24,25)19-9-5-8-18(13-19)20(23)21-14-17-7-4-6-16(3)12-17/h4-9,12-13,15,22H,10-11,14H2,1-3H3,(H,21,23). The molecule has 0 aliphatic carbocycles. The molecule has 0 saturated heterocycles. The van der Waals surface area contributed by atoms with Crippen molar-refractivity contribution in [3.8, 4) is 0 Å². The zero-order valence-corrected chi connectivity index (χ0v) is 16.3. The van der Waals surface area contributed by atoms with Gasteiger partial charge in [0.15, 0.2) is 0 Å². The molecule has 0 saturated carbocycles. The maximum atomic E-state index is 12.4. The van der Waals surface area contributed by atoms with Crippen LogP contribution in [0.4, 0.5) is 0 Å². The van der Waals surface area contributed by atoms with Gasteiger partial charge in [-0.25, -0.2) is 13.1 Å². The Morgan fingerprint density at radius 3 is 2.50 bits per heavy atom. The average molecular weight is 375 g/mol. The molecule has 2 N–H and O–H groups in total. The zero-order chi connectivity index (χ0) is 19.2. The van der Waals surface area contributed by atoms with Crippen molar-refractivity contribution in [3.05, 3.63) is 65.2 Å². The molecule has 140 valence electrons. The highest BCUT2D eigenvalue weighted by atomic mass is 32.2. The van der Waals surface area contributed by atoms with Crippen LogP contribution in [-0.4, -0.2) is 20.9 Å². The quantitative estimate of drug-likeness (QED) is 0.745. The van der Waals surface area contributed by atoms with Gasteiger partial charge in [0, 0.05) is 18.7 Å². The molecule has 6 heteroatoms. The molecular weight excluding hydrogens is 348 g/mol. The first-order valence-electron chi connectivity index (χ1n) is 8.71. The minimum absolute atomic E-state index is 0.101. The number of rotatable bonds is 8. The van der Waals surface area contributed by atoms with E-state index in [1.807, 2.05) is 45.0 Å². The predicted molar refractivity (Wildman–Crippen MR) is 103 cm³/mol. The van der Waals surface area contributed by atoms with Crippen molar-refractivity contribution in [1.82, 2.24) is 10.0 Å². The second-order valence-corrected chi connectivity index (χ2v) is 8.55. The van der Waals surface area contributed by atoms with Gasteiger partial charge in [0.25, 0.3) is 5.91 Å². The molecule has 0 unspecified atom stereocenters. The third-order valence-electron chi connectivity index (χ3n) is 3.96. The summed E-state index contributed by atoms with van der Waals surface area (Å²) in [6, 6.07) is 14.0. The number of amides is 1. The van der Waals surface area contributed by atoms with Crippen molar-refractivity contribution >= 4 is 15.9 Å². The third kappa shape index (κ3) is 5.97. The molecule has 0 bridgehead atoms. The second-order valence-electron chi connectivity index (χ2n) is 6.78. The molecule has 0 aromatic heterocycles. The summed E-state index contributed by atoms with van der Waals surface area (Å²) in [6.45, 7) is 6.83. The summed E-state index contributed by atoms with van der Waals surface area (Å²) in [7, 11) is -3.61. The zero-order valence-electron chi connectivity index (χ0n) is 15.5. The van der Waals surface area contributed by atoms with Crippen LogP contribution in [0, 0.1) is 12.8 Å². The van der Waals surface area contributed by atoms with Crippen molar-refractivity contribution in [2.45, 2.75) is 38.6 Å². The molecule has 0 heterocycles. The fourth-order valence-electron chi connectivity index (χ4n) is 2.48. The largest absolute Gasteiger partial charge is 0.348 e. The first-order chi connectivity index (χ1) is 12.3. The lowest BCUT2D eigenvalue weighted by atomic mass is 10.1. The molecule has 0 atom stereocenters. The summed E-state index contributed by atoms with van der Waals surface area (Å²) in [6.07, 6.45) is 0.760. The molecule has 1 amide bonds. The highest BCUT2D eigenvalue weighted by molar-refractivity contribution is 7.89. The Hall–Kier alpha value is -2.18. The maximum Gasteiger partial charge on any atom is 0.251 e. The topological polar surface area (TPSA) is 75.3 Å². The van der Waals surface area contributed by atoms with Crippen LogP contribution in [0.1, 0.15) is 41.8 Å². The molecule has 0 radical (unpaired) electrons. The van der Waals surface area contributed by atoms with Crippen molar-refractivity contribution in [1.29, 1.82) is 0 Å². The van der Waals surface area contributed by atoms with Crippen molar-refractivity contribution in [2.75, 3.05) is 6.54 Å².